The van der Waals surface area contributed by atoms with E-state index < -0.39 is 0 Å². The number of hydrogen-bond donors (Lipinski definition) is 0. The predicted molar refractivity (Wildman–Crippen MR) is 49.2 cm³/mol. The van der Waals surface area contributed by atoms with Crippen molar-refractivity contribution in [3.05, 3.63) is 0 Å². The molecule has 5 atom stereocenters. The van der Waals surface area contributed by atoms with E-state index in [9.17, 15) is 0 Å². The summed E-state index contributed by atoms with van der Waals surface area (Å²) in [5.74, 6) is 2.43. The Bertz CT molecular complexity index is 190. The lowest BCUT2D eigenvalue weighted by molar-refractivity contribution is -0.280. The van der Waals surface area contributed by atoms with Crippen LogP contribution < -0.4 is 0 Å². The van der Waals surface area contributed by atoms with Gasteiger partial charge in [-0.1, -0.05) is 6.42 Å². The van der Waals surface area contributed by atoms with E-state index in [2.05, 4.69) is 0 Å². The smallest absolute Gasteiger partial charge is 0.160 e. The minimum atomic E-state index is 0.121. The molecule has 0 spiro atoms. The first kappa shape index (κ1) is 8.25. The van der Waals surface area contributed by atoms with Gasteiger partial charge in [0.1, 0.15) is 0 Å². The van der Waals surface area contributed by atoms with Crippen LogP contribution in [0.3, 0.4) is 0 Å². The Labute approximate surface area is 79.6 Å². The minimum Gasteiger partial charge on any atom is -0.356 e. The van der Waals surface area contributed by atoms with Crippen LogP contribution in [-0.4, -0.2) is 19.5 Å². The lowest BCUT2D eigenvalue weighted by Gasteiger charge is -2.53. The zero-order chi connectivity index (χ0) is 8.84. The molecular weight excluding hydrogens is 164 g/mol. The quantitative estimate of drug-likeness (QED) is 0.619. The van der Waals surface area contributed by atoms with Crippen LogP contribution in [0.1, 0.15) is 32.1 Å². The molecule has 2 heteroatoms. The number of fused-ring (bicyclic) bond motifs is 1. The van der Waals surface area contributed by atoms with Crippen LogP contribution in [0.4, 0.5) is 0 Å². The van der Waals surface area contributed by atoms with Gasteiger partial charge in [-0.2, -0.15) is 0 Å². The van der Waals surface area contributed by atoms with Crippen LogP contribution in [0.25, 0.3) is 0 Å². The highest BCUT2D eigenvalue weighted by atomic mass is 16.7. The van der Waals surface area contributed by atoms with Crippen molar-refractivity contribution >= 4 is 0 Å². The highest BCUT2D eigenvalue weighted by Gasteiger charge is 2.49. The molecule has 2 nitrogen and oxygen atoms in total. The maximum absolute atomic E-state index is 5.98. The summed E-state index contributed by atoms with van der Waals surface area (Å²) in [5, 5.41) is 0. The van der Waals surface area contributed by atoms with Gasteiger partial charge >= 0.3 is 0 Å². The van der Waals surface area contributed by atoms with Gasteiger partial charge in [-0.3, -0.25) is 0 Å². The first-order valence-electron chi connectivity index (χ1n) is 5.56. The molecule has 4 fully saturated rings. The van der Waals surface area contributed by atoms with Crippen molar-refractivity contribution in [2.45, 2.75) is 44.5 Å². The monoisotopic (exact) mass is 182 g/mol. The fraction of sp³-hybridized carbons (Fsp3) is 1.00. The third-order valence-corrected chi connectivity index (χ3v) is 4.20. The average Bonchev–Trinajstić information content (AvgIpc) is 2.17. The van der Waals surface area contributed by atoms with E-state index >= 15 is 0 Å². The molecule has 4 bridgehead atoms. The zero-order valence-corrected chi connectivity index (χ0v) is 8.24. The van der Waals surface area contributed by atoms with Gasteiger partial charge in [0.2, 0.25) is 0 Å². The molecule has 2 aliphatic carbocycles. The normalized spacial score (nSPS) is 53.8. The van der Waals surface area contributed by atoms with Crippen molar-refractivity contribution in [1.29, 1.82) is 0 Å². The van der Waals surface area contributed by atoms with Crippen molar-refractivity contribution < 1.29 is 9.47 Å². The Morgan fingerprint density at radius 2 is 1.77 bits per heavy atom. The largest absolute Gasteiger partial charge is 0.356 e. The van der Waals surface area contributed by atoms with E-state index in [1.165, 1.54) is 32.1 Å². The van der Waals surface area contributed by atoms with Gasteiger partial charge in [0, 0.05) is 13.0 Å². The molecule has 4 rings (SSSR count). The van der Waals surface area contributed by atoms with Gasteiger partial charge in [-0.25, -0.2) is 0 Å². The predicted octanol–water partition coefficient (Wildman–Crippen LogP) is 2.18. The first-order valence-corrected chi connectivity index (χ1v) is 5.56. The Kier molecular flexibility index (Phi) is 1.88. The summed E-state index contributed by atoms with van der Waals surface area (Å²) in [6.07, 6.45) is 7.61. The van der Waals surface area contributed by atoms with E-state index in [1.54, 1.807) is 7.11 Å². The second-order valence-electron chi connectivity index (χ2n) is 4.89. The summed E-state index contributed by atoms with van der Waals surface area (Å²) < 4.78 is 11.3. The molecule has 2 heterocycles. The maximum atomic E-state index is 5.98. The molecule has 74 valence electrons. The molecule has 2 unspecified atom stereocenters. The van der Waals surface area contributed by atoms with E-state index in [0.717, 1.165) is 11.8 Å². The van der Waals surface area contributed by atoms with Crippen molar-refractivity contribution in [2.24, 2.45) is 17.8 Å². The Morgan fingerprint density at radius 1 is 1.08 bits per heavy atom. The summed E-state index contributed by atoms with van der Waals surface area (Å²) in [6.45, 7) is 0. The summed E-state index contributed by atoms with van der Waals surface area (Å²) in [7, 11) is 1.78. The van der Waals surface area contributed by atoms with Crippen LogP contribution in [-0.2, 0) is 9.47 Å². The second kappa shape index (κ2) is 2.96. The molecule has 0 aromatic heterocycles. The molecule has 0 N–H and O–H groups in total. The van der Waals surface area contributed by atoms with Crippen LogP contribution in [0.2, 0.25) is 0 Å². The van der Waals surface area contributed by atoms with Crippen LogP contribution in [0, 0.1) is 17.8 Å². The summed E-state index contributed by atoms with van der Waals surface area (Å²) in [6, 6.07) is 0. The van der Waals surface area contributed by atoms with Crippen LogP contribution in [0.5, 0.6) is 0 Å². The third-order valence-electron chi connectivity index (χ3n) is 4.20. The Hall–Kier alpha value is -0.0800. The van der Waals surface area contributed by atoms with Crippen molar-refractivity contribution in [1.82, 2.24) is 0 Å². The highest BCUT2D eigenvalue weighted by Crippen LogP contribution is 2.50. The van der Waals surface area contributed by atoms with E-state index in [4.69, 9.17) is 9.47 Å². The number of hydrogen-bond acceptors (Lipinski definition) is 2. The molecule has 2 saturated heterocycles. The first-order chi connectivity index (χ1) is 6.38. The molecule has 0 amide bonds. The second-order valence-corrected chi connectivity index (χ2v) is 4.89. The van der Waals surface area contributed by atoms with Gasteiger partial charge < -0.3 is 9.47 Å². The van der Waals surface area contributed by atoms with Crippen molar-refractivity contribution in [3.8, 4) is 0 Å². The van der Waals surface area contributed by atoms with Crippen molar-refractivity contribution in [2.75, 3.05) is 7.11 Å². The van der Waals surface area contributed by atoms with E-state index in [1.807, 2.05) is 0 Å². The third kappa shape index (κ3) is 1.15. The van der Waals surface area contributed by atoms with Gasteiger partial charge in [-0.15, -0.1) is 0 Å². The SMILES string of the molecule is CO[C@@H]1OC2[C@@H]3CCC[C@H]2CC1C3. The van der Waals surface area contributed by atoms with E-state index in [0.29, 0.717) is 12.0 Å². The number of ether oxygens (including phenoxy) is 2. The molecule has 4 aliphatic rings. The molecule has 0 radical (unpaired) electrons. The standard InChI is InChI=1S/C11H18O2/c1-12-11-9-5-7-3-2-4-8(6-9)10(7)13-11/h7-11H,2-6H2,1H3/t7-,8+,9?,10?,11-/m1/s1. The molecular formula is C11H18O2. The lowest BCUT2D eigenvalue weighted by Crippen LogP contribution is -2.53. The van der Waals surface area contributed by atoms with Gasteiger partial charge in [-0.05, 0) is 37.5 Å². The van der Waals surface area contributed by atoms with Crippen LogP contribution >= 0.6 is 0 Å². The fourth-order valence-electron chi connectivity index (χ4n) is 3.69. The molecule has 13 heavy (non-hydrogen) atoms. The molecule has 0 aromatic rings. The maximum Gasteiger partial charge on any atom is 0.160 e. The average molecular weight is 182 g/mol. The van der Waals surface area contributed by atoms with E-state index in [-0.39, 0.29) is 6.29 Å². The lowest BCUT2D eigenvalue weighted by atomic mass is 9.64. The zero-order valence-electron chi connectivity index (χ0n) is 8.24. The topological polar surface area (TPSA) is 18.5 Å². The summed E-state index contributed by atoms with van der Waals surface area (Å²) in [4.78, 5) is 0. The van der Waals surface area contributed by atoms with Gasteiger partial charge in [0.15, 0.2) is 6.29 Å². The highest BCUT2D eigenvalue weighted by molar-refractivity contribution is 4.95. The number of methoxy groups -OCH3 is 1. The molecule has 0 aromatic carbocycles. The van der Waals surface area contributed by atoms with Crippen molar-refractivity contribution in [3.63, 3.8) is 0 Å². The van der Waals surface area contributed by atoms with Gasteiger partial charge in [0.25, 0.3) is 0 Å². The molecule has 2 saturated carbocycles. The molecule has 2 aliphatic heterocycles. The van der Waals surface area contributed by atoms with Gasteiger partial charge in [0.05, 0.1) is 6.10 Å². The summed E-state index contributed by atoms with van der Waals surface area (Å²) in [5.41, 5.74) is 0. The van der Waals surface area contributed by atoms with Crippen LogP contribution in [0.15, 0.2) is 0 Å². The Morgan fingerprint density at radius 3 is 2.31 bits per heavy atom. The summed E-state index contributed by atoms with van der Waals surface area (Å²) >= 11 is 0. The fourth-order valence-corrected chi connectivity index (χ4v) is 3.69. The Balaban J connectivity index is 1.81. The minimum absolute atomic E-state index is 0.121. The number of rotatable bonds is 1.